The summed E-state index contributed by atoms with van der Waals surface area (Å²) in [6.45, 7) is 7.98. The van der Waals surface area contributed by atoms with Crippen molar-refractivity contribution in [3.05, 3.63) is 77.6 Å². The van der Waals surface area contributed by atoms with Crippen molar-refractivity contribution in [2.75, 3.05) is 36.4 Å². The molecular weight excluding hydrogens is 495 g/mol. The average molecular weight is 528 g/mol. The minimum atomic E-state index is -4.53. The highest BCUT2D eigenvalue weighted by atomic mass is 19.4. The fourth-order valence-electron chi connectivity index (χ4n) is 4.17. The summed E-state index contributed by atoms with van der Waals surface area (Å²) < 4.78 is 46.1. The first-order valence-corrected chi connectivity index (χ1v) is 12.5. The van der Waals surface area contributed by atoms with Crippen LogP contribution in [0.3, 0.4) is 0 Å². The van der Waals surface area contributed by atoms with Gasteiger partial charge in [0.15, 0.2) is 0 Å². The Morgan fingerprint density at radius 1 is 0.947 bits per heavy atom. The number of alkyl halides is 3. The number of amides is 1. The molecule has 1 aliphatic rings. The SMILES string of the molecule is CC(C)(C)OC(=O)N1CCN(c2ccc(Nc3ncc(C(F)(F)F)c(CCc4ccccc4)n3)cc2)CC1. The van der Waals surface area contributed by atoms with Crippen molar-refractivity contribution in [2.24, 2.45) is 0 Å². The molecule has 1 aromatic heterocycles. The molecule has 1 saturated heterocycles. The number of carbonyl (C=O) groups is 1. The number of halogens is 3. The van der Waals surface area contributed by atoms with Crippen molar-refractivity contribution in [3.8, 4) is 0 Å². The van der Waals surface area contributed by atoms with Crippen LogP contribution in [0.5, 0.6) is 0 Å². The molecule has 0 aliphatic carbocycles. The molecule has 1 amide bonds. The van der Waals surface area contributed by atoms with E-state index < -0.39 is 17.3 Å². The highest BCUT2D eigenvalue weighted by molar-refractivity contribution is 5.69. The fourth-order valence-corrected chi connectivity index (χ4v) is 4.17. The lowest BCUT2D eigenvalue weighted by Crippen LogP contribution is -2.50. The molecule has 1 aliphatic heterocycles. The van der Waals surface area contributed by atoms with Crippen LogP contribution in [0.2, 0.25) is 0 Å². The van der Waals surface area contributed by atoms with Crippen LogP contribution < -0.4 is 10.2 Å². The predicted octanol–water partition coefficient (Wildman–Crippen LogP) is 6.08. The van der Waals surface area contributed by atoms with Crippen LogP contribution in [0.4, 0.5) is 35.3 Å². The van der Waals surface area contributed by atoms with E-state index in [1.165, 1.54) is 0 Å². The molecule has 0 spiro atoms. The van der Waals surface area contributed by atoms with Crippen LogP contribution in [0, 0.1) is 0 Å². The van der Waals surface area contributed by atoms with Gasteiger partial charge in [-0.3, -0.25) is 0 Å². The lowest BCUT2D eigenvalue weighted by molar-refractivity contribution is -0.138. The van der Waals surface area contributed by atoms with Crippen LogP contribution >= 0.6 is 0 Å². The van der Waals surface area contributed by atoms with E-state index >= 15 is 0 Å². The third-order valence-corrected chi connectivity index (χ3v) is 6.09. The van der Waals surface area contributed by atoms with Gasteiger partial charge in [0.25, 0.3) is 0 Å². The first-order valence-electron chi connectivity index (χ1n) is 12.5. The Balaban J connectivity index is 1.39. The summed E-state index contributed by atoms with van der Waals surface area (Å²) in [6.07, 6.45) is -3.41. The molecule has 2 heterocycles. The average Bonchev–Trinajstić information content (AvgIpc) is 2.87. The Bertz CT molecular complexity index is 1220. The van der Waals surface area contributed by atoms with E-state index in [4.69, 9.17) is 4.74 Å². The summed E-state index contributed by atoms with van der Waals surface area (Å²) in [5.41, 5.74) is 1.19. The summed E-state index contributed by atoms with van der Waals surface area (Å²) in [6, 6.07) is 16.9. The van der Waals surface area contributed by atoms with Crippen molar-refractivity contribution in [1.29, 1.82) is 0 Å². The van der Waals surface area contributed by atoms with Crippen LogP contribution in [-0.4, -0.2) is 52.7 Å². The molecule has 1 fully saturated rings. The number of anilines is 3. The zero-order chi connectivity index (χ0) is 27.3. The maximum Gasteiger partial charge on any atom is 0.419 e. The van der Waals surface area contributed by atoms with E-state index in [9.17, 15) is 18.0 Å². The molecule has 0 saturated carbocycles. The predicted molar refractivity (Wildman–Crippen MR) is 141 cm³/mol. The number of piperazine rings is 1. The summed E-state index contributed by atoms with van der Waals surface area (Å²) in [5.74, 6) is 0.111. The summed E-state index contributed by atoms with van der Waals surface area (Å²) in [5, 5.41) is 3.02. The van der Waals surface area contributed by atoms with Gasteiger partial charge in [-0.15, -0.1) is 0 Å². The Kier molecular flexibility index (Phi) is 8.08. The molecule has 0 radical (unpaired) electrons. The van der Waals surface area contributed by atoms with Crippen molar-refractivity contribution in [2.45, 2.75) is 45.4 Å². The van der Waals surface area contributed by atoms with Crippen molar-refractivity contribution in [3.63, 3.8) is 0 Å². The standard InChI is InChI=1S/C28H32F3N5O2/c1-27(2,3)38-26(37)36-17-15-35(16-18-36)22-12-10-21(11-13-22)33-25-32-19-23(28(29,30)31)24(34-25)14-9-20-7-5-4-6-8-20/h4-8,10-13,19H,9,14-18H2,1-3H3,(H,32,33,34). The van der Waals surface area contributed by atoms with Gasteiger partial charge in [-0.1, -0.05) is 30.3 Å². The smallest absolute Gasteiger partial charge is 0.419 e. The summed E-state index contributed by atoms with van der Waals surface area (Å²) in [4.78, 5) is 24.3. The summed E-state index contributed by atoms with van der Waals surface area (Å²) >= 11 is 0. The number of aromatic nitrogens is 2. The highest BCUT2D eigenvalue weighted by Gasteiger charge is 2.35. The molecular formula is C28H32F3N5O2. The third kappa shape index (κ3) is 7.36. The molecule has 4 rings (SSSR count). The number of rotatable bonds is 6. The second kappa shape index (κ2) is 11.3. The second-order valence-corrected chi connectivity index (χ2v) is 10.2. The van der Waals surface area contributed by atoms with E-state index in [-0.39, 0.29) is 24.2 Å². The van der Waals surface area contributed by atoms with Gasteiger partial charge in [-0.2, -0.15) is 13.2 Å². The molecule has 0 unspecified atom stereocenters. The lowest BCUT2D eigenvalue weighted by Gasteiger charge is -2.36. The summed E-state index contributed by atoms with van der Waals surface area (Å²) in [7, 11) is 0. The number of nitrogens with one attached hydrogen (secondary N) is 1. The van der Waals surface area contributed by atoms with Gasteiger partial charge in [-0.05, 0) is 63.4 Å². The Morgan fingerprint density at radius 3 is 2.21 bits per heavy atom. The van der Waals surface area contributed by atoms with E-state index in [1.807, 2.05) is 75.4 Å². The number of hydrogen-bond acceptors (Lipinski definition) is 6. The number of ether oxygens (including phenoxy) is 1. The fraction of sp³-hybridized carbons (Fsp3) is 0.393. The van der Waals surface area contributed by atoms with Gasteiger partial charge in [0.1, 0.15) is 5.60 Å². The number of hydrogen-bond donors (Lipinski definition) is 1. The van der Waals surface area contributed by atoms with Crippen LogP contribution in [0.1, 0.15) is 37.6 Å². The molecule has 38 heavy (non-hydrogen) atoms. The van der Waals surface area contributed by atoms with Crippen molar-refractivity contribution >= 4 is 23.4 Å². The minimum absolute atomic E-state index is 0.0432. The molecule has 1 N–H and O–H groups in total. The first-order chi connectivity index (χ1) is 18.0. The monoisotopic (exact) mass is 527 g/mol. The normalized spacial score (nSPS) is 14.4. The van der Waals surface area contributed by atoms with Gasteiger partial charge >= 0.3 is 12.3 Å². The highest BCUT2D eigenvalue weighted by Crippen LogP contribution is 2.32. The van der Waals surface area contributed by atoms with E-state index in [1.54, 1.807) is 4.90 Å². The second-order valence-electron chi connectivity index (χ2n) is 10.2. The maximum atomic E-state index is 13.6. The van der Waals surface area contributed by atoms with Gasteiger partial charge < -0.3 is 19.9 Å². The third-order valence-electron chi connectivity index (χ3n) is 6.09. The Morgan fingerprint density at radius 2 is 1.61 bits per heavy atom. The van der Waals surface area contributed by atoms with Gasteiger partial charge in [0.05, 0.1) is 11.3 Å². The maximum absolute atomic E-state index is 13.6. The minimum Gasteiger partial charge on any atom is -0.444 e. The zero-order valence-electron chi connectivity index (χ0n) is 21.8. The number of nitrogens with zero attached hydrogens (tertiary/aromatic N) is 4. The Hall–Kier alpha value is -3.82. The molecule has 0 atom stereocenters. The number of benzene rings is 2. The van der Waals surface area contributed by atoms with Crippen molar-refractivity contribution in [1.82, 2.24) is 14.9 Å². The lowest BCUT2D eigenvalue weighted by atomic mass is 10.1. The molecule has 0 bridgehead atoms. The van der Waals surface area contributed by atoms with Crippen LogP contribution in [-0.2, 0) is 23.8 Å². The quantitative estimate of drug-likeness (QED) is 0.419. The topological polar surface area (TPSA) is 70.6 Å². The van der Waals surface area contributed by atoms with E-state index in [0.717, 1.165) is 17.4 Å². The molecule has 2 aromatic carbocycles. The van der Waals surface area contributed by atoms with E-state index in [2.05, 4.69) is 20.2 Å². The zero-order valence-corrected chi connectivity index (χ0v) is 21.8. The van der Waals surface area contributed by atoms with Crippen molar-refractivity contribution < 1.29 is 22.7 Å². The Labute approximate surface area is 220 Å². The number of aryl methyl sites for hydroxylation is 2. The molecule has 202 valence electrons. The molecule has 3 aromatic rings. The first kappa shape index (κ1) is 27.2. The van der Waals surface area contributed by atoms with Crippen LogP contribution in [0.15, 0.2) is 60.8 Å². The van der Waals surface area contributed by atoms with Gasteiger partial charge in [0, 0.05) is 43.8 Å². The van der Waals surface area contributed by atoms with E-state index in [0.29, 0.717) is 38.3 Å². The van der Waals surface area contributed by atoms with Crippen LogP contribution in [0.25, 0.3) is 0 Å². The molecule has 10 heteroatoms. The largest absolute Gasteiger partial charge is 0.444 e. The number of carbonyl (C=O) groups excluding carboxylic acids is 1. The molecule has 7 nitrogen and oxygen atoms in total. The van der Waals surface area contributed by atoms with Gasteiger partial charge in [0.2, 0.25) is 5.95 Å². The van der Waals surface area contributed by atoms with Gasteiger partial charge in [-0.25, -0.2) is 14.8 Å².